The number of benzene rings is 1. The van der Waals surface area contributed by atoms with E-state index in [2.05, 4.69) is 15.3 Å². The summed E-state index contributed by atoms with van der Waals surface area (Å²) < 4.78 is 13.9. The van der Waals surface area contributed by atoms with Crippen LogP contribution in [0.15, 0.2) is 46.0 Å². The highest BCUT2D eigenvalue weighted by molar-refractivity contribution is 7.11. The zero-order chi connectivity index (χ0) is 16.6. The van der Waals surface area contributed by atoms with Gasteiger partial charge in [0.25, 0.3) is 0 Å². The van der Waals surface area contributed by atoms with Gasteiger partial charge >= 0.3 is 5.97 Å². The number of nitrogens with one attached hydrogen (secondary N) is 1. The molecule has 0 spiro atoms. The molecule has 2 heterocycles. The van der Waals surface area contributed by atoms with E-state index < -0.39 is 12.0 Å². The third-order valence-corrected chi connectivity index (χ3v) is 4.50. The van der Waals surface area contributed by atoms with E-state index in [0.717, 1.165) is 0 Å². The van der Waals surface area contributed by atoms with E-state index in [0.29, 0.717) is 27.7 Å². The molecule has 7 heteroatoms. The zero-order valence-corrected chi connectivity index (χ0v) is 13.3. The number of carboxylic acid groups (broad SMARTS) is 1. The fourth-order valence-electron chi connectivity index (χ4n) is 2.58. The van der Waals surface area contributed by atoms with Gasteiger partial charge in [-0.3, -0.25) is 0 Å². The van der Waals surface area contributed by atoms with Gasteiger partial charge in [-0.2, -0.15) is 0 Å². The van der Waals surface area contributed by atoms with Gasteiger partial charge in [0.05, 0.1) is 17.3 Å². The Balaban J connectivity index is 2.14. The molecule has 2 N–H and O–H groups in total. The molecule has 23 heavy (non-hydrogen) atoms. The molecule has 2 aromatic rings. The molecule has 1 unspecified atom stereocenters. The summed E-state index contributed by atoms with van der Waals surface area (Å²) in [6.07, 6.45) is 1.65. The van der Waals surface area contributed by atoms with Gasteiger partial charge in [0.15, 0.2) is 10.8 Å². The maximum atomic E-state index is 13.9. The molecule has 0 radical (unpaired) electrons. The maximum Gasteiger partial charge on any atom is 0.335 e. The van der Waals surface area contributed by atoms with Gasteiger partial charge in [-0.15, -0.1) is 11.3 Å². The molecular weight excluding hydrogens is 317 g/mol. The van der Waals surface area contributed by atoms with Gasteiger partial charge in [-0.1, -0.05) is 12.1 Å². The third kappa shape index (κ3) is 2.75. The number of halogens is 1. The first kappa shape index (κ1) is 15.4. The second-order valence-electron chi connectivity index (χ2n) is 5.13. The van der Waals surface area contributed by atoms with Crippen molar-refractivity contribution in [2.75, 3.05) is 0 Å². The lowest BCUT2D eigenvalue weighted by atomic mass is 9.92. The number of carboxylic acids is 1. The minimum absolute atomic E-state index is 0.110. The van der Waals surface area contributed by atoms with Crippen molar-refractivity contribution in [1.29, 1.82) is 0 Å². The van der Waals surface area contributed by atoms with Crippen LogP contribution in [-0.4, -0.2) is 21.9 Å². The highest BCUT2D eigenvalue weighted by Gasteiger charge is 2.31. The predicted molar refractivity (Wildman–Crippen MR) is 86.0 cm³/mol. The van der Waals surface area contributed by atoms with Crippen LogP contribution in [0.5, 0.6) is 0 Å². The number of aromatic nitrogens is 1. The quantitative estimate of drug-likeness (QED) is 0.906. The summed E-state index contributed by atoms with van der Waals surface area (Å²) >= 11 is 1.40. The van der Waals surface area contributed by atoms with Crippen molar-refractivity contribution in [2.45, 2.75) is 19.9 Å². The Hall–Kier alpha value is -2.54. The number of amidine groups is 1. The Morgan fingerprint density at radius 1 is 1.39 bits per heavy atom. The summed E-state index contributed by atoms with van der Waals surface area (Å²) in [4.78, 5) is 20.2. The van der Waals surface area contributed by atoms with E-state index in [-0.39, 0.29) is 11.4 Å². The minimum Gasteiger partial charge on any atom is -0.478 e. The van der Waals surface area contributed by atoms with Crippen LogP contribution in [0.1, 0.15) is 29.1 Å². The lowest BCUT2D eigenvalue weighted by molar-refractivity contribution is -0.133. The first-order chi connectivity index (χ1) is 11.0. The monoisotopic (exact) mass is 331 g/mol. The zero-order valence-electron chi connectivity index (χ0n) is 12.5. The van der Waals surface area contributed by atoms with Crippen LogP contribution in [0, 0.1) is 12.7 Å². The Morgan fingerprint density at radius 2 is 2.17 bits per heavy atom. The smallest absolute Gasteiger partial charge is 0.335 e. The molecule has 0 bridgehead atoms. The van der Waals surface area contributed by atoms with Crippen LogP contribution >= 0.6 is 11.3 Å². The Kier molecular flexibility index (Phi) is 3.96. The Bertz CT molecular complexity index is 828. The molecule has 3 rings (SSSR count). The summed E-state index contributed by atoms with van der Waals surface area (Å²) in [5.74, 6) is -0.952. The molecule has 1 atom stereocenters. The van der Waals surface area contributed by atoms with Crippen molar-refractivity contribution in [3.8, 4) is 0 Å². The largest absolute Gasteiger partial charge is 0.478 e. The van der Waals surface area contributed by atoms with Crippen LogP contribution in [0.3, 0.4) is 0 Å². The summed E-state index contributed by atoms with van der Waals surface area (Å²) in [6.45, 7) is 3.27. The second-order valence-corrected chi connectivity index (χ2v) is 6.03. The maximum absolute atomic E-state index is 13.9. The highest BCUT2D eigenvalue weighted by atomic mass is 32.1. The average molecular weight is 331 g/mol. The van der Waals surface area contributed by atoms with Crippen LogP contribution in [-0.2, 0) is 4.79 Å². The number of carbonyl (C=O) groups is 1. The molecule has 1 aliphatic rings. The average Bonchev–Trinajstić information content (AvgIpc) is 3.03. The van der Waals surface area contributed by atoms with E-state index in [4.69, 9.17) is 0 Å². The number of thiazole rings is 1. The van der Waals surface area contributed by atoms with Gasteiger partial charge < -0.3 is 10.4 Å². The number of hydrogen-bond donors (Lipinski definition) is 2. The van der Waals surface area contributed by atoms with Gasteiger partial charge in [0.2, 0.25) is 0 Å². The highest BCUT2D eigenvalue weighted by Crippen LogP contribution is 2.32. The van der Waals surface area contributed by atoms with Crippen LogP contribution in [0.4, 0.5) is 4.39 Å². The molecule has 0 saturated carbocycles. The van der Waals surface area contributed by atoms with E-state index in [9.17, 15) is 14.3 Å². The van der Waals surface area contributed by atoms with E-state index in [1.54, 1.807) is 32.2 Å². The topological polar surface area (TPSA) is 74.6 Å². The van der Waals surface area contributed by atoms with Gasteiger partial charge in [0, 0.05) is 11.6 Å². The molecule has 118 valence electrons. The molecule has 1 aromatic heterocycles. The molecule has 0 saturated heterocycles. The third-order valence-electron chi connectivity index (χ3n) is 3.72. The molecule has 0 fully saturated rings. The van der Waals surface area contributed by atoms with E-state index in [1.807, 2.05) is 5.38 Å². The summed E-state index contributed by atoms with van der Waals surface area (Å²) in [7, 11) is 0. The van der Waals surface area contributed by atoms with Gasteiger partial charge in [-0.05, 0) is 31.0 Å². The van der Waals surface area contributed by atoms with Crippen molar-refractivity contribution in [1.82, 2.24) is 10.3 Å². The van der Waals surface area contributed by atoms with E-state index in [1.165, 1.54) is 17.4 Å². The normalized spacial score (nSPS) is 17.7. The van der Waals surface area contributed by atoms with Gasteiger partial charge in [0.1, 0.15) is 5.82 Å². The van der Waals surface area contributed by atoms with Crippen LogP contribution in [0.25, 0.3) is 0 Å². The SMILES string of the molecule is CC1=C(C(=O)O)C(c2cccc(F)c2C)NC(c2nccs2)=N1. The Labute approximate surface area is 136 Å². The standard InChI is InChI=1S/C16H14FN3O2S/c1-8-10(4-3-5-11(8)17)13-12(16(21)22)9(2)19-14(20-13)15-18-6-7-23-15/h3-7,13H,1-2H3,(H,19,20)(H,21,22). The van der Waals surface area contributed by atoms with Crippen molar-refractivity contribution in [3.05, 3.63) is 63.0 Å². The number of aliphatic carboxylic acids is 1. The number of hydrogen-bond acceptors (Lipinski definition) is 5. The number of rotatable bonds is 3. The molecule has 0 aliphatic carbocycles. The van der Waals surface area contributed by atoms with Gasteiger partial charge in [-0.25, -0.2) is 19.2 Å². The van der Waals surface area contributed by atoms with Crippen molar-refractivity contribution in [3.63, 3.8) is 0 Å². The molecule has 5 nitrogen and oxygen atoms in total. The van der Waals surface area contributed by atoms with Crippen molar-refractivity contribution >= 4 is 23.1 Å². The molecular formula is C16H14FN3O2S. The van der Waals surface area contributed by atoms with Crippen LogP contribution in [0.2, 0.25) is 0 Å². The fraction of sp³-hybridized carbons (Fsp3) is 0.188. The first-order valence-corrected chi connectivity index (χ1v) is 7.81. The summed E-state index contributed by atoms with van der Waals surface area (Å²) in [5, 5.41) is 15.1. The number of aliphatic imine (C=N–C) groups is 1. The molecule has 1 aliphatic heterocycles. The lowest BCUT2D eigenvalue weighted by Gasteiger charge is -2.27. The van der Waals surface area contributed by atoms with Crippen molar-refractivity contribution in [2.24, 2.45) is 4.99 Å². The summed E-state index contributed by atoms with van der Waals surface area (Å²) in [6, 6.07) is 3.97. The second kappa shape index (κ2) is 5.92. The number of allylic oxidation sites excluding steroid dienone is 1. The molecule has 1 aromatic carbocycles. The predicted octanol–water partition coefficient (Wildman–Crippen LogP) is 3.04. The van der Waals surface area contributed by atoms with Crippen molar-refractivity contribution < 1.29 is 14.3 Å². The minimum atomic E-state index is -1.08. The first-order valence-electron chi connectivity index (χ1n) is 6.93. The number of nitrogens with zero attached hydrogens (tertiary/aromatic N) is 2. The fourth-order valence-corrected chi connectivity index (χ4v) is 3.16. The Morgan fingerprint density at radius 3 is 2.83 bits per heavy atom. The molecule has 0 amide bonds. The lowest BCUT2D eigenvalue weighted by Crippen LogP contribution is -2.36. The summed E-state index contributed by atoms with van der Waals surface area (Å²) in [5.41, 5.74) is 1.48. The van der Waals surface area contributed by atoms with E-state index >= 15 is 0 Å². The van der Waals surface area contributed by atoms with Crippen LogP contribution < -0.4 is 5.32 Å².